The molecule has 102 valence electrons. The highest BCUT2D eigenvalue weighted by Crippen LogP contribution is 2.31. The van der Waals surface area contributed by atoms with Gasteiger partial charge in [0.1, 0.15) is 11.9 Å². The van der Waals surface area contributed by atoms with Crippen molar-refractivity contribution in [2.24, 2.45) is 5.73 Å². The molecule has 4 nitrogen and oxygen atoms in total. The predicted molar refractivity (Wildman–Crippen MR) is 76.4 cm³/mol. The van der Waals surface area contributed by atoms with E-state index < -0.39 is 0 Å². The molecule has 4 heteroatoms. The van der Waals surface area contributed by atoms with Crippen LogP contribution >= 0.6 is 0 Å². The number of nitrogens with two attached hydrogens (primary N) is 1. The lowest BCUT2D eigenvalue weighted by Gasteiger charge is -2.28. The van der Waals surface area contributed by atoms with E-state index in [1.165, 1.54) is 5.56 Å². The molecule has 19 heavy (non-hydrogen) atoms. The highest BCUT2D eigenvalue weighted by molar-refractivity contribution is 5.86. The summed E-state index contributed by atoms with van der Waals surface area (Å²) in [6.45, 7) is 4.18. The highest BCUT2D eigenvalue weighted by Gasteiger charge is 2.21. The molecule has 0 spiro atoms. The first-order chi connectivity index (χ1) is 9.15. The van der Waals surface area contributed by atoms with Gasteiger partial charge in [-0.2, -0.15) is 5.10 Å². The fourth-order valence-corrected chi connectivity index (χ4v) is 2.97. The van der Waals surface area contributed by atoms with Crippen molar-refractivity contribution in [3.8, 4) is 5.75 Å². The molecule has 1 fully saturated rings. The van der Waals surface area contributed by atoms with Gasteiger partial charge in [-0.15, -0.1) is 0 Å². The maximum absolute atomic E-state index is 6.19. The monoisotopic (exact) mass is 259 g/mol. The first-order valence-corrected chi connectivity index (χ1v) is 7.00. The van der Waals surface area contributed by atoms with Crippen molar-refractivity contribution in [2.75, 3.05) is 0 Å². The van der Waals surface area contributed by atoms with Crippen molar-refractivity contribution in [3.05, 3.63) is 23.4 Å². The van der Waals surface area contributed by atoms with Crippen LogP contribution in [-0.4, -0.2) is 22.3 Å². The van der Waals surface area contributed by atoms with E-state index >= 15 is 0 Å². The number of hydrogen-bond donors (Lipinski definition) is 2. The molecular weight excluding hydrogens is 238 g/mol. The summed E-state index contributed by atoms with van der Waals surface area (Å²) in [5, 5.41) is 8.31. The number of nitrogens with one attached hydrogen (secondary N) is 1. The molecule has 0 radical (unpaired) electrons. The Kier molecular flexibility index (Phi) is 3.19. The van der Waals surface area contributed by atoms with E-state index in [-0.39, 0.29) is 12.1 Å². The van der Waals surface area contributed by atoms with Gasteiger partial charge in [0, 0.05) is 17.0 Å². The van der Waals surface area contributed by atoms with Gasteiger partial charge >= 0.3 is 0 Å². The van der Waals surface area contributed by atoms with Crippen LogP contribution in [-0.2, 0) is 0 Å². The summed E-state index contributed by atoms with van der Waals surface area (Å²) in [6, 6.07) is 2.40. The fourth-order valence-electron chi connectivity index (χ4n) is 2.97. The summed E-state index contributed by atoms with van der Waals surface area (Å²) in [4.78, 5) is 0. The number of fused-ring (bicyclic) bond motifs is 1. The minimum absolute atomic E-state index is 0.256. The van der Waals surface area contributed by atoms with Gasteiger partial charge in [-0.25, -0.2) is 0 Å². The summed E-state index contributed by atoms with van der Waals surface area (Å²) < 4.78 is 6.19. The molecule has 0 unspecified atom stereocenters. The number of hydrogen-bond acceptors (Lipinski definition) is 3. The Balaban J connectivity index is 1.90. The normalized spacial score (nSPS) is 23.7. The summed E-state index contributed by atoms with van der Waals surface area (Å²) >= 11 is 0. The van der Waals surface area contributed by atoms with Crippen LogP contribution in [0, 0.1) is 13.8 Å². The molecule has 0 aliphatic heterocycles. The lowest BCUT2D eigenvalue weighted by Crippen LogP contribution is -2.33. The number of aromatic nitrogens is 2. The van der Waals surface area contributed by atoms with Crippen LogP contribution in [0.25, 0.3) is 10.9 Å². The number of nitrogens with zero attached hydrogens (tertiary/aromatic N) is 1. The van der Waals surface area contributed by atoms with Crippen LogP contribution in [0.3, 0.4) is 0 Å². The van der Waals surface area contributed by atoms with E-state index in [4.69, 9.17) is 10.5 Å². The number of benzene rings is 1. The van der Waals surface area contributed by atoms with Crippen molar-refractivity contribution >= 4 is 10.9 Å². The number of ether oxygens (including phenoxy) is 1. The quantitative estimate of drug-likeness (QED) is 0.871. The van der Waals surface area contributed by atoms with Crippen LogP contribution in [0.4, 0.5) is 0 Å². The van der Waals surface area contributed by atoms with E-state index in [0.29, 0.717) is 0 Å². The van der Waals surface area contributed by atoms with E-state index in [0.717, 1.165) is 47.9 Å². The topological polar surface area (TPSA) is 63.9 Å². The number of aromatic amines is 1. The lowest BCUT2D eigenvalue weighted by molar-refractivity contribution is 0.144. The molecule has 1 aromatic carbocycles. The smallest absolute Gasteiger partial charge is 0.123 e. The third-order valence-electron chi connectivity index (χ3n) is 4.12. The average molecular weight is 259 g/mol. The molecule has 2 aromatic rings. The Morgan fingerprint density at radius 1 is 1.37 bits per heavy atom. The zero-order valence-electron chi connectivity index (χ0n) is 11.6. The third-order valence-corrected chi connectivity index (χ3v) is 4.12. The number of H-pyrrole nitrogens is 1. The first-order valence-electron chi connectivity index (χ1n) is 7.00. The van der Waals surface area contributed by atoms with Crippen molar-refractivity contribution in [3.63, 3.8) is 0 Å². The Hall–Kier alpha value is -1.55. The standard InChI is InChI=1S/C15H21N3O/c1-9-6-14(10(2)13-8-17-18-15(9)13)19-12-5-3-4-11(16)7-12/h6,8,11-12H,3-5,7,16H2,1-2H3,(H,17,18)/t11-,12+/m0/s1. The van der Waals surface area contributed by atoms with Crippen LogP contribution in [0.5, 0.6) is 5.75 Å². The second kappa shape index (κ2) is 4.85. The van der Waals surface area contributed by atoms with E-state index in [2.05, 4.69) is 30.1 Å². The number of aryl methyl sites for hydroxylation is 2. The van der Waals surface area contributed by atoms with Crippen molar-refractivity contribution in [1.82, 2.24) is 10.2 Å². The zero-order valence-corrected chi connectivity index (χ0v) is 11.6. The van der Waals surface area contributed by atoms with Crippen molar-refractivity contribution < 1.29 is 4.74 Å². The Morgan fingerprint density at radius 2 is 2.21 bits per heavy atom. The summed E-state index contributed by atoms with van der Waals surface area (Å²) in [5.41, 5.74) is 9.46. The molecule has 1 heterocycles. The van der Waals surface area contributed by atoms with Crippen LogP contribution in [0.1, 0.15) is 36.8 Å². The summed E-state index contributed by atoms with van der Waals surface area (Å²) in [6.07, 6.45) is 6.48. The predicted octanol–water partition coefficient (Wildman–Crippen LogP) is 2.83. The van der Waals surface area contributed by atoms with Gasteiger partial charge in [-0.05, 0) is 51.2 Å². The van der Waals surface area contributed by atoms with Gasteiger partial charge in [-0.1, -0.05) is 0 Å². The molecule has 0 saturated heterocycles. The molecule has 1 saturated carbocycles. The highest BCUT2D eigenvalue weighted by atomic mass is 16.5. The van der Waals surface area contributed by atoms with E-state index in [1.807, 2.05) is 6.20 Å². The summed E-state index contributed by atoms with van der Waals surface area (Å²) in [5.74, 6) is 0.977. The Bertz CT molecular complexity index is 590. The SMILES string of the molecule is Cc1c(O[C@@H]2CCC[C@H](N)C2)cc(C)c2[nH]ncc12. The zero-order chi connectivity index (χ0) is 13.4. The largest absolute Gasteiger partial charge is 0.490 e. The van der Waals surface area contributed by atoms with Crippen LogP contribution < -0.4 is 10.5 Å². The Labute approximate surface area is 113 Å². The molecule has 0 bridgehead atoms. The maximum atomic E-state index is 6.19. The van der Waals surface area contributed by atoms with Crippen LogP contribution in [0.15, 0.2) is 12.3 Å². The third kappa shape index (κ3) is 2.32. The van der Waals surface area contributed by atoms with E-state index in [1.54, 1.807) is 0 Å². The lowest BCUT2D eigenvalue weighted by atomic mass is 9.93. The minimum atomic E-state index is 0.256. The van der Waals surface area contributed by atoms with E-state index in [9.17, 15) is 0 Å². The first kappa shape index (κ1) is 12.5. The van der Waals surface area contributed by atoms with Crippen molar-refractivity contribution in [1.29, 1.82) is 0 Å². The average Bonchev–Trinajstić information content (AvgIpc) is 2.85. The molecule has 1 aliphatic rings. The molecule has 3 rings (SSSR count). The van der Waals surface area contributed by atoms with Gasteiger partial charge < -0.3 is 10.5 Å². The molecule has 1 aliphatic carbocycles. The Morgan fingerprint density at radius 3 is 3.00 bits per heavy atom. The summed E-state index contributed by atoms with van der Waals surface area (Å²) in [7, 11) is 0. The van der Waals surface area contributed by atoms with Gasteiger partial charge in [0.25, 0.3) is 0 Å². The van der Waals surface area contributed by atoms with Crippen molar-refractivity contribution in [2.45, 2.75) is 51.7 Å². The van der Waals surface area contributed by atoms with Crippen LogP contribution in [0.2, 0.25) is 0 Å². The van der Waals surface area contributed by atoms with Gasteiger partial charge in [0.15, 0.2) is 0 Å². The second-order valence-electron chi connectivity index (χ2n) is 5.64. The molecule has 2 atom stereocenters. The van der Waals surface area contributed by atoms with Gasteiger partial charge in [-0.3, -0.25) is 5.10 Å². The minimum Gasteiger partial charge on any atom is -0.490 e. The molecular formula is C15H21N3O. The molecule has 3 N–H and O–H groups in total. The molecule has 1 aromatic heterocycles. The molecule has 0 amide bonds. The van der Waals surface area contributed by atoms with Gasteiger partial charge in [0.2, 0.25) is 0 Å². The number of rotatable bonds is 2. The second-order valence-corrected chi connectivity index (χ2v) is 5.64. The maximum Gasteiger partial charge on any atom is 0.123 e. The fraction of sp³-hybridized carbons (Fsp3) is 0.533. The van der Waals surface area contributed by atoms with Gasteiger partial charge in [0.05, 0.1) is 11.7 Å².